The minimum Gasteiger partial charge on any atom is -0.477 e. The van der Waals surface area contributed by atoms with Gasteiger partial charge >= 0.3 is 16.3 Å². The minimum atomic E-state index is -3.94. The Morgan fingerprint density at radius 1 is 1.46 bits per heavy atom. The van der Waals surface area contributed by atoms with Crippen molar-refractivity contribution in [1.82, 2.24) is 4.31 Å². The lowest BCUT2D eigenvalue weighted by Crippen LogP contribution is -2.23. The molecule has 8 heteroatoms. The molecule has 0 aromatic heterocycles. The van der Waals surface area contributed by atoms with Crippen molar-refractivity contribution in [3.8, 4) is 0 Å². The Balaban J connectivity index is 4.50. The highest BCUT2D eigenvalue weighted by Gasteiger charge is 2.15. The van der Waals surface area contributed by atoms with Gasteiger partial charge in [-0.1, -0.05) is 5.16 Å². The molecular weight excluding hydrogens is 200 g/mol. The zero-order valence-electron chi connectivity index (χ0n) is 7.38. The van der Waals surface area contributed by atoms with Gasteiger partial charge in [0.25, 0.3) is 0 Å². The summed E-state index contributed by atoms with van der Waals surface area (Å²) in [5.41, 5.74) is -0.439. The Labute approximate surface area is 75.8 Å². The molecule has 0 aliphatic rings. The van der Waals surface area contributed by atoms with Crippen LogP contribution in [0.1, 0.15) is 6.92 Å². The molecule has 0 saturated carbocycles. The lowest BCUT2D eigenvalue weighted by atomic mass is 10.4. The van der Waals surface area contributed by atoms with Crippen molar-refractivity contribution in [2.75, 3.05) is 14.1 Å². The maximum absolute atomic E-state index is 10.9. The van der Waals surface area contributed by atoms with E-state index in [0.29, 0.717) is 0 Å². The fourth-order valence-electron chi connectivity index (χ4n) is 0.209. The van der Waals surface area contributed by atoms with E-state index in [-0.39, 0.29) is 0 Å². The molecule has 0 aromatic rings. The maximum Gasteiger partial charge on any atom is 0.404 e. The first-order chi connectivity index (χ1) is 5.77. The van der Waals surface area contributed by atoms with E-state index in [2.05, 4.69) is 9.44 Å². The number of hydrogen-bond acceptors (Lipinski definition) is 5. The van der Waals surface area contributed by atoms with Crippen molar-refractivity contribution in [2.24, 2.45) is 5.16 Å². The van der Waals surface area contributed by atoms with Gasteiger partial charge in [-0.25, -0.2) is 4.79 Å². The molecule has 13 heavy (non-hydrogen) atoms. The van der Waals surface area contributed by atoms with Crippen LogP contribution in [0, 0.1) is 0 Å². The SMILES string of the molecule is CC(=NOS(=O)(=O)N(C)C)C(=O)O. The molecule has 1 N–H and O–H groups in total. The van der Waals surface area contributed by atoms with E-state index in [9.17, 15) is 13.2 Å². The van der Waals surface area contributed by atoms with Gasteiger partial charge in [0.05, 0.1) is 0 Å². The van der Waals surface area contributed by atoms with Crippen LogP contribution >= 0.6 is 0 Å². The highest BCUT2D eigenvalue weighted by molar-refractivity contribution is 7.84. The van der Waals surface area contributed by atoms with Gasteiger partial charge in [-0.3, -0.25) is 4.28 Å². The monoisotopic (exact) mass is 210 g/mol. The highest BCUT2D eigenvalue weighted by atomic mass is 32.2. The highest BCUT2D eigenvalue weighted by Crippen LogP contribution is 1.97. The number of rotatable bonds is 4. The molecule has 0 bridgehead atoms. The van der Waals surface area contributed by atoms with E-state index in [1.54, 1.807) is 0 Å². The lowest BCUT2D eigenvalue weighted by Gasteiger charge is -2.06. The summed E-state index contributed by atoms with van der Waals surface area (Å²) in [6.07, 6.45) is 0. The lowest BCUT2D eigenvalue weighted by molar-refractivity contribution is -0.129. The molecule has 7 nitrogen and oxygen atoms in total. The largest absolute Gasteiger partial charge is 0.477 e. The van der Waals surface area contributed by atoms with E-state index < -0.39 is 22.0 Å². The summed E-state index contributed by atoms with van der Waals surface area (Å²) in [5.74, 6) is -1.34. The molecule has 0 atom stereocenters. The average molecular weight is 210 g/mol. The Morgan fingerprint density at radius 3 is 2.23 bits per heavy atom. The second-order valence-electron chi connectivity index (χ2n) is 2.30. The van der Waals surface area contributed by atoms with E-state index in [1.165, 1.54) is 14.1 Å². The van der Waals surface area contributed by atoms with Crippen LogP contribution in [0.2, 0.25) is 0 Å². The third-order valence-corrected chi connectivity index (χ3v) is 2.18. The molecule has 0 spiro atoms. The Hall–Kier alpha value is -1.15. The Morgan fingerprint density at radius 2 is 1.92 bits per heavy atom. The topological polar surface area (TPSA) is 96.3 Å². The average Bonchev–Trinajstić information content (AvgIpc) is 1.99. The first-order valence-electron chi connectivity index (χ1n) is 3.16. The summed E-state index contributed by atoms with van der Waals surface area (Å²) in [4.78, 5) is 10.2. The quantitative estimate of drug-likeness (QED) is 0.487. The van der Waals surface area contributed by atoms with Crippen LogP contribution in [0.25, 0.3) is 0 Å². The van der Waals surface area contributed by atoms with Crippen LogP contribution in [0.15, 0.2) is 5.16 Å². The molecule has 0 fully saturated rings. The zero-order chi connectivity index (χ0) is 10.6. The third kappa shape index (κ3) is 3.85. The van der Waals surface area contributed by atoms with Crippen LogP contribution in [0.4, 0.5) is 0 Å². The van der Waals surface area contributed by atoms with Crippen LogP contribution in [0.5, 0.6) is 0 Å². The standard InChI is InChI=1S/C5H10N2O5S/c1-4(5(8)9)6-12-13(10,11)7(2)3/h1-3H3,(H,8,9). The van der Waals surface area contributed by atoms with Crippen molar-refractivity contribution in [3.05, 3.63) is 0 Å². The normalized spacial score (nSPS) is 13.1. The predicted octanol–water partition coefficient (Wildman–Crippen LogP) is -0.730. The molecule has 0 radical (unpaired) electrons. The van der Waals surface area contributed by atoms with Crippen LogP contribution < -0.4 is 0 Å². The minimum absolute atomic E-state index is 0.439. The van der Waals surface area contributed by atoms with Crippen molar-refractivity contribution in [3.63, 3.8) is 0 Å². The number of carboxylic acids is 1. The van der Waals surface area contributed by atoms with Gasteiger partial charge in [-0.15, -0.1) is 0 Å². The van der Waals surface area contributed by atoms with E-state index in [0.717, 1.165) is 11.2 Å². The molecule has 76 valence electrons. The molecule has 0 amide bonds. The Kier molecular flexibility index (Phi) is 3.82. The van der Waals surface area contributed by atoms with E-state index in [4.69, 9.17) is 5.11 Å². The van der Waals surface area contributed by atoms with Gasteiger partial charge in [0.2, 0.25) is 0 Å². The van der Waals surface area contributed by atoms with Gasteiger partial charge in [0.15, 0.2) is 5.71 Å². The summed E-state index contributed by atoms with van der Waals surface area (Å²) in [5, 5.41) is 11.2. The van der Waals surface area contributed by atoms with Crippen molar-refractivity contribution < 1.29 is 22.6 Å². The van der Waals surface area contributed by atoms with Crippen LogP contribution in [-0.2, 0) is 19.4 Å². The van der Waals surface area contributed by atoms with Gasteiger partial charge in [0.1, 0.15) is 0 Å². The fraction of sp³-hybridized carbons (Fsp3) is 0.600. The third-order valence-electron chi connectivity index (χ3n) is 1.03. The molecular formula is C5H10N2O5S. The summed E-state index contributed by atoms with van der Waals surface area (Å²) in [6.45, 7) is 1.12. The molecule has 0 rings (SSSR count). The van der Waals surface area contributed by atoms with Crippen molar-refractivity contribution >= 4 is 22.0 Å². The number of carboxylic acid groups (broad SMARTS) is 1. The van der Waals surface area contributed by atoms with Gasteiger partial charge < -0.3 is 5.11 Å². The Bertz CT molecular complexity index is 318. The molecule has 0 saturated heterocycles. The van der Waals surface area contributed by atoms with Crippen molar-refractivity contribution in [2.45, 2.75) is 6.92 Å². The predicted molar refractivity (Wildman–Crippen MR) is 44.4 cm³/mol. The molecule has 0 aromatic carbocycles. The summed E-state index contributed by atoms with van der Waals surface area (Å²) >= 11 is 0. The summed E-state index contributed by atoms with van der Waals surface area (Å²) in [6, 6.07) is 0. The van der Waals surface area contributed by atoms with E-state index in [1.807, 2.05) is 0 Å². The molecule has 0 unspecified atom stereocenters. The number of hydrogen-bond donors (Lipinski definition) is 1. The maximum atomic E-state index is 10.9. The molecule has 0 aliphatic carbocycles. The van der Waals surface area contributed by atoms with Gasteiger partial charge in [-0.05, 0) is 6.92 Å². The first kappa shape index (κ1) is 11.8. The smallest absolute Gasteiger partial charge is 0.404 e. The number of nitrogens with zero attached hydrogens (tertiary/aromatic N) is 2. The number of aliphatic carboxylic acids is 1. The molecule has 0 aliphatic heterocycles. The summed E-state index contributed by atoms with van der Waals surface area (Å²) in [7, 11) is -1.47. The second kappa shape index (κ2) is 4.19. The van der Waals surface area contributed by atoms with Gasteiger partial charge in [-0.2, -0.15) is 12.7 Å². The fourth-order valence-corrected chi connectivity index (χ4v) is 0.548. The molecule has 0 heterocycles. The number of carbonyl (C=O) groups is 1. The summed E-state index contributed by atoms with van der Waals surface area (Å²) < 4.78 is 26.5. The van der Waals surface area contributed by atoms with Crippen molar-refractivity contribution in [1.29, 1.82) is 0 Å². The number of oxime groups is 1. The first-order valence-corrected chi connectivity index (χ1v) is 4.53. The second-order valence-corrected chi connectivity index (χ2v) is 4.03. The van der Waals surface area contributed by atoms with Gasteiger partial charge in [0, 0.05) is 14.1 Å². The van der Waals surface area contributed by atoms with Crippen LogP contribution in [0.3, 0.4) is 0 Å². The van der Waals surface area contributed by atoms with Crippen LogP contribution in [-0.4, -0.2) is 43.6 Å². The van der Waals surface area contributed by atoms with E-state index >= 15 is 0 Å². The zero-order valence-corrected chi connectivity index (χ0v) is 8.20.